The van der Waals surface area contributed by atoms with Gasteiger partial charge in [-0.2, -0.15) is 0 Å². The Kier molecular flexibility index (Phi) is 4.16. The van der Waals surface area contributed by atoms with Crippen LogP contribution in [0.25, 0.3) is 0 Å². The maximum Gasteiger partial charge on any atom is 0.290 e. The van der Waals surface area contributed by atoms with Gasteiger partial charge in [-0.3, -0.25) is 14.9 Å². The molecule has 108 valence electrons. The van der Waals surface area contributed by atoms with Gasteiger partial charge in [0.15, 0.2) is 0 Å². The van der Waals surface area contributed by atoms with E-state index in [1.807, 2.05) is 16.8 Å². The molecular formula is C13H18N4O3. The van der Waals surface area contributed by atoms with Gasteiger partial charge in [-0.1, -0.05) is 0 Å². The molecule has 1 aliphatic heterocycles. The van der Waals surface area contributed by atoms with Gasteiger partial charge in [0.1, 0.15) is 12.0 Å². The van der Waals surface area contributed by atoms with Crippen LogP contribution in [0.1, 0.15) is 18.4 Å². The number of nitrogens with zero attached hydrogens (tertiary/aromatic N) is 4. The predicted octanol–water partition coefficient (Wildman–Crippen LogP) is 1.36. The van der Waals surface area contributed by atoms with Crippen molar-refractivity contribution in [2.45, 2.75) is 19.8 Å². The van der Waals surface area contributed by atoms with Gasteiger partial charge in [0.25, 0.3) is 5.69 Å². The van der Waals surface area contributed by atoms with Crippen LogP contribution in [0.2, 0.25) is 0 Å². The molecule has 7 heteroatoms. The van der Waals surface area contributed by atoms with Crippen molar-refractivity contribution in [1.29, 1.82) is 0 Å². The zero-order valence-electron chi connectivity index (χ0n) is 11.7. The molecule has 0 atom stereocenters. The zero-order chi connectivity index (χ0) is 14.7. The number of pyridine rings is 1. The lowest BCUT2D eigenvalue weighted by molar-refractivity contribution is -0.385. The Hall–Kier alpha value is -2.18. The number of anilines is 1. The monoisotopic (exact) mass is 278 g/mol. The molecule has 0 bridgehead atoms. The second-order valence-corrected chi connectivity index (χ2v) is 4.99. The van der Waals surface area contributed by atoms with E-state index in [1.165, 1.54) is 6.20 Å². The van der Waals surface area contributed by atoms with Crippen LogP contribution in [0.4, 0.5) is 11.5 Å². The molecule has 0 spiro atoms. The molecule has 0 aromatic carbocycles. The molecule has 0 saturated carbocycles. The van der Waals surface area contributed by atoms with Crippen LogP contribution in [0.5, 0.6) is 0 Å². The number of rotatable bonds is 5. The summed E-state index contributed by atoms with van der Waals surface area (Å²) in [4.78, 5) is 29.7. The fraction of sp³-hybridized carbons (Fsp3) is 0.538. The Bertz CT molecular complexity index is 532. The largest absolute Gasteiger partial charge is 0.358 e. The number of likely N-dealkylation sites (N-methyl/N-ethyl adjacent to an activating group) is 1. The summed E-state index contributed by atoms with van der Waals surface area (Å²) < 4.78 is 0. The van der Waals surface area contributed by atoms with Gasteiger partial charge >= 0.3 is 0 Å². The van der Waals surface area contributed by atoms with Crippen molar-refractivity contribution in [3.63, 3.8) is 0 Å². The lowest BCUT2D eigenvalue weighted by atomic mass is 10.2. The fourth-order valence-corrected chi connectivity index (χ4v) is 2.26. The highest BCUT2D eigenvalue weighted by Crippen LogP contribution is 2.20. The quantitative estimate of drug-likeness (QED) is 0.600. The number of aryl methyl sites for hydroxylation is 1. The number of amides is 1. The van der Waals surface area contributed by atoms with E-state index in [4.69, 9.17) is 0 Å². The number of hydrogen-bond acceptors (Lipinski definition) is 5. The van der Waals surface area contributed by atoms with E-state index in [0.717, 1.165) is 13.0 Å². The van der Waals surface area contributed by atoms with Crippen LogP contribution in [-0.4, -0.2) is 47.4 Å². The first-order valence-electron chi connectivity index (χ1n) is 6.59. The van der Waals surface area contributed by atoms with Gasteiger partial charge in [0.2, 0.25) is 5.91 Å². The Morgan fingerprint density at radius 3 is 2.85 bits per heavy atom. The molecule has 1 aromatic heterocycles. The number of carbonyl (C=O) groups excluding carboxylic acids is 1. The number of carbonyl (C=O) groups is 1. The number of hydrogen-bond donors (Lipinski definition) is 0. The molecule has 2 rings (SSSR count). The van der Waals surface area contributed by atoms with E-state index in [1.54, 1.807) is 13.0 Å². The summed E-state index contributed by atoms with van der Waals surface area (Å²) in [5, 5.41) is 10.7. The third-order valence-electron chi connectivity index (χ3n) is 3.53. The zero-order valence-corrected chi connectivity index (χ0v) is 11.7. The normalized spacial score (nSPS) is 14.7. The topological polar surface area (TPSA) is 79.6 Å². The van der Waals surface area contributed by atoms with Crippen molar-refractivity contribution < 1.29 is 9.72 Å². The molecule has 2 heterocycles. The highest BCUT2D eigenvalue weighted by molar-refractivity contribution is 5.78. The third kappa shape index (κ3) is 3.04. The number of aromatic nitrogens is 1. The van der Waals surface area contributed by atoms with Gasteiger partial charge in [-0.05, 0) is 19.4 Å². The van der Waals surface area contributed by atoms with Gasteiger partial charge in [-0.15, -0.1) is 0 Å². The summed E-state index contributed by atoms with van der Waals surface area (Å²) in [6, 6.07) is 1.70. The van der Waals surface area contributed by atoms with Crippen LogP contribution >= 0.6 is 0 Å². The smallest absolute Gasteiger partial charge is 0.290 e. The molecule has 1 aromatic rings. The van der Waals surface area contributed by atoms with Crippen LogP contribution < -0.4 is 4.90 Å². The minimum atomic E-state index is -0.436. The maximum absolute atomic E-state index is 11.5. The summed E-state index contributed by atoms with van der Waals surface area (Å²) in [7, 11) is 1.87. The summed E-state index contributed by atoms with van der Waals surface area (Å²) in [5.74, 6) is 0.881. The first kappa shape index (κ1) is 14.2. The third-order valence-corrected chi connectivity index (χ3v) is 3.53. The van der Waals surface area contributed by atoms with Gasteiger partial charge < -0.3 is 9.80 Å². The van der Waals surface area contributed by atoms with Crippen molar-refractivity contribution in [3.05, 3.63) is 27.9 Å². The van der Waals surface area contributed by atoms with Gasteiger partial charge in [-0.25, -0.2) is 4.98 Å². The van der Waals surface area contributed by atoms with E-state index in [-0.39, 0.29) is 11.6 Å². The Balaban J connectivity index is 1.98. The van der Waals surface area contributed by atoms with Crippen molar-refractivity contribution >= 4 is 17.4 Å². The molecule has 1 amide bonds. The number of likely N-dealkylation sites (tertiary alicyclic amines) is 1. The minimum absolute atomic E-state index is 0.0249. The average molecular weight is 278 g/mol. The van der Waals surface area contributed by atoms with E-state index < -0.39 is 4.92 Å². The van der Waals surface area contributed by atoms with Gasteiger partial charge in [0.05, 0.1) is 4.92 Å². The Morgan fingerprint density at radius 2 is 2.30 bits per heavy atom. The van der Waals surface area contributed by atoms with Crippen LogP contribution in [0, 0.1) is 17.0 Å². The molecule has 0 N–H and O–H groups in total. The van der Waals surface area contributed by atoms with E-state index in [0.29, 0.717) is 30.9 Å². The van der Waals surface area contributed by atoms with Crippen LogP contribution in [0.15, 0.2) is 12.3 Å². The lowest BCUT2D eigenvalue weighted by Crippen LogP contribution is -2.34. The summed E-state index contributed by atoms with van der Waals surface area (Å²) in [5.41, 5.74) is 0.612. The van der Waals surface area contributed by atoms with Crippen molar-refractivity contribution in [1.82, 2.24) is 9.88 Å². The standard InChI is InChI=1S/C13H18N4O3/c1-10-8-12(14-9-11(10)17(19)20)15(2)6-7-16-5-3-4-13(16)18/h8-9H,3-7H2,1-2H3. The van der Waals surface area contributed by atoms with Crippen molar-refractivity contribution in [2.24, 2.45) is 0 Å². The van der Waals surface area contributed by atoms with Gasteiger partial charge in [0, 0.05) is 38.7 Å². The molecule has 7 nitrogen and oxygen atoms in total. The predicted molar refractivity (Wildman–Crippen MR) is 74.7 cm³/mol. The van der Waals surface area contributed by atoms with E-state index in [9.17, 15) is 14.9 Å². The van der Waals surface area contributed by atoms with Crippen LogP contribution in [-0.2, 0) is 4.79 Å². The molecule has 1 saturated heterocycles. The van der Waals surface area contributed by atoms with E-state index >= 15 is 0 Å². The molecule has 1 aliphatic rings. The molecular weight excluding hydrogens is 260 g/mol. The Morgan fingerprint density at radius 1 is 1.55 bits per heavy atom. The Labute approximate surface area is 117 Å². The SMILES string of the molecule is Cc1cc(N(C)CCN2CCCC2=O)ncc1[N+](=O)[O-]. The molecule has 0 radical (unpaired) electrons. The van der Waals surface area contributed by atoms with E-state index in [2.05, 4.69) is 4.98 Å². The fourth-order valence-electron chi connectivity index (χ4n) is 2.26. The highest BCUT2D eigenvalue weighted by Gasteiger charge is 2.20. The molecule has 1 fully saturated rings. The molecule has 0 unspecified atom stereocenters. The second kappa shape index (κ2) is 5.85. The summed E-state index contributed by atoms with van der Waals surface area (Å²) in [6.07, 6.45) is 2.85. The lowest BCUT2D eigenvalue weighted by Gasteiger charge is -2.22. The maximum atomic E-state index is 11.5. The highest BCUT2D eigenvalue weighted by atomic mass is 16.6. The first-order valence-corrected chi connectivity index (χ1v) is 6.59. The summed E-state index contributed by atoms with van der Waals surface area (Å²) in [6.45, 7) is 3.84. The first-order chi connectivity index (χ1) is 9.49. The minimum Gasteiger partial charge on any atom is -0.358 e. The average Bonchev–Trinajstić information content (AvgIpc) is 2.81. The molecule has 20 heavy (non-hydrogen) atoms. The molecule has 0 aliphatic carbocycles. The van der Waals surface area contributed by atoms with Crippen LogP contribution in [0.3, 0.4) is 0 Å². The van der Waals surface area contributed by atoms with Crippen molar-refractivity contribution in [3.8, 4) is 0 Å². The number of nitro groups is 1. The van der Waals surface area contributed by atoms with Crippen molar-refractivity contribution in [2.75, 3.05) is 31.6 Å². The second-order valence-electron chi connectivity index (χ2n) is 4.99. The summed E-state index contributed by atoms with van der Waals surface area (Å²) >= 11 is 0.